The van der Waals surface area contributed by atoms with E-state index in [2.05, 4.69) is 15.3 Å². The minimum absolute atomic E-state index is 0.509. The number of aromatic nitrogens is 2. The zero-order chi connectivity index (χ0) is 13.0. The van der Waals surface area contributed by atoms with Crippen LogP contribution in [0, 0.1) is 0 Å². The molecule has 0 fully saturated rings. The van der Waals surface area contributed by atoms with Crippen LogP contribution in [0.25, 0.3) is 0 Å². The predicted octanol–water partition coefficient (Wildman–Crippen LogP) is 3.11. The van der Waals surface area contributed by atoms with E-state index in [1.54, 1.807) is 12.4 Å². The molecule has 0 atom stereocenters. The van der Waals surface area contributed by atoms with Gasteiger partial charge in [0.15, 0.2) is 0 Å². The van der Waals surface area contributed by atoms with E-state index in [4.69, 9.17) is 0 Å². The molecule has 6 heteroatoms. The molecule has 0 aliphatic rings. The predicted molar refractivity (Wildman–Crippen MR) is 60.8 cm³/mol. The van der Waals surface area contributed by atoms with Crippen molar-refractivity contribution in [2.24, 2.45) is 0 Å². The van der Waals surface area contributed by atoms with E-state index in [0.29, 0.717) is 12.2 Å². The second-order valence-electron chi connectivity index (χ2n) is 3.64. The van der Waals surface area contributed by atoms with Crippen LogP contribution in [-0.2, 0) is 12.7 Å². The van der Waals surface area contributed by atoms with E-state index >= 15 is 0 Å². The molecule has 0 spiro atoms. The van der Waals surface area contributed by atoms with Crippen LogP contribution in [0.2, 0.25) is 0 Å². The Hall–Kier alpha value is -2.11. The Balaban J connectivity index is 1.99. The van der Waals surface area contributed by atoms with Gasteiger partial charge in [0.2, 0.25) is 0 Å². The summed E-state index contributed by atoms with van der Waals surface area (Å²) < 4.78 is 36.8. The van der Waals surface area contributed by atoms with Gasteiger partial charge in [0.25, 0.3) is 0 Å². The van der Waals surface area contributed by atoms with Gasteiger partial charge in [0.05, 0.1) is 11.9 Å². The minimum atomic E-state index is -4.40. The molecule has 0 radical (unpaired) electrons. The lowest BCUT2D eigenvalue weighted by molar-refractivity contribution is -0.141. The van der Waals surface area contributed by atoms with Crippen molar-refractivity contribution in [3.63, 3.8) is 0 Å². The summed E-state index contributed by atoms with van der Waals surface area (Å²) >= 11 is 0. The lowest BCUT2D eigenvalue weighted by atomic mass is 10.2. The first kappa shape index (κ1) is 12.3. The van der Waals surface area contributed by atoms with Crippen molar-refractivity contribution < 1.29 is 13.2 Å². The Morgan fingerprint density at radius 1 is 1.06 bits per heavy atom. The van der Waals surface area contributed by atoms with Crippen molar-refractivity contribution in [2.75, 3.05) is 5.32 Å². The van der Waals surface area contributed by atoms with Crippen LogP contribution in [0.4, 0.5) is 18.9 Å². The number of hydrogen-bond acceptors (Lipinski definition) is 3. The number of anilines is 1. The highest BCUT2D eigenvalue weighted by Crippen LogP contribution is 2.27. The fourth-order valence-corrected chi connectivity index (χ4v) is 1.37. The normalized spacial score (nSPS) is 11.3. The van der Waals surface area contributed by atoms with Gasteiger partial charge in [-0.15, -0.1) is 0 Å². The second kappa shape index (κ2) is 5.03. The third kappa shape index (κ3) is 3.19. The molecule has 2 rings (SSSR count). The number of nitrogens with zero attached hydrogens (tertiary/aromatic N) is 2. The quantitative estimate of drug-likeness (QED) is 0.913. The molecular formula is C12H10F3N3. The molecule has 0 amide bonds. The molecule has 3 nitrogen and oxygen atoms in total. The maximum atomic E-state index is 12.3. The number of nitrogens with one attached hydrogen (secondary N) is 1. The van der Waals surface area contributed by atoms with Gasteiger partial charge in [-0.25, -0.2) is 4.98 Å². The fraction of sp³-hybridized carbons (Fsp3) is 0.167. The molecule has 2 aromatic rings. The SMILES string of the molecule is FC(F)(F)c1ccc(NCc2ccncc2)cn1. The van der Waals surface area contributed by atoms with Gasteiger partial charge >= 0.3 is 6.18 Å². The van der Waals surface area contributed by atoms with Crippen molar-refractivity contribution in [2.45, 2.75) is 12.7 Å². The summed E-state index contributed by atoms with van der Waals surface area (Å²) in [6.07, 6.45) is 0.0810. The molecule has 0 aliphatic heterocycles. The smallest absolute Gasteiger partial charge is 0.380 e. The summed E-state index contributed by atoms with van der Waals surface area (Å²) in [5, 5.41) is 2.98. The van der Waals surface area contributed by atoms with Crippen LogP contribution < -0.4 is 5.32 Å². The van der Waals surface area contributed by atoms with E-state index < -0.39 is 11.9 Å². The molecule has 0 saturated heterocycles. The van der Waals surface area contributed by atoms with Crippen molar-refractivity contribution in [1.82, 2.24) is 9.97 Å². The maximum Gasteiger partial charge on any atom is 0.433 e. The maximum absolute atomic E-state index is 12.3. The number of pyridine rings is 2. The molecule has 0 unspecified atom stereocenters. The third-order valence-electron chi connectivity index (χ3n) is 2.30. The highest BCUT2D eigenvalue weighted by Gasteiger charge is 2.31. The first-order valence-electron chi connectivity index (χ1n) is 5.22. The zero-order valence-corrected chi connectivity index (χ0v) is 9.28. The first-order chi connectivity index (χ1) is 8.55. The lowest BCUT2D eigenvalue weighted by Crippen LogP contribution is -2.08. The van der Waals surface area contributed by atoms with E-state index in [1.165, 1.54) is 12.3 Å². The molecule has 0 saturated carbocycles. The Labute approximate surface area is 102 Å². The van der Waals surface area contributed by atoms with Crippen LogP contribution >= 0.6 is 0 Å². The van der Waals surface area contributed by atoms with Crippen LogP contribution in [0.3, 0.4) is 0 Å². The highest BCUT2D eigenvalue weighted by molar-refractivity contribution is 5.41. The van der Waals surface area contributed by atoms with Gasteiger partial charge in [0, 0.05) is 18.9 Å². The first-order valence-corrected chi connectivity index (χ1v) is 5.22. The summed E-state index contributed by atoms with van der Waals surface area (Å²) in [6.45, 7) is 0.509. The molecule has 0 aliphatic carbocycles. The Bertz CT molecular complexity index is 494. The molecule has 2 aromatic heterocycles. The Kier molecular flexibility index (Phi) is 3.45. The van der Waals surface area contributed by atoms with Gasteiger partial charge in [-0.1, -0.05) is 0 Å². The molecule has 0 aromatic carbocycles. The second-order valence-corrected chi connectivity index (χ2v) is 3.64. The number of alkyl halides is 3. The minimum Gasteiger partial charge on any atom is -0.380 e. The summed E-state index contributed by atoms with van der Waals surface area (Å²) in [4.78, 5) is 7.24. The fourth-order valence-electron chi connectivity index (χ4n) is 1.37. The molecule has 18 heavy (non-hydrogen) atoms. The average molecular weight is 253 g/mol. The molecule has 0 bridgehead atoms. The van der Waals surface area contributed by atoms with Crippen molar-refractivity contribution in [3.05, 3.63) is 54.1 Å². The van der Waals surface area contributed by atoms with Crippen molar-refractivity contribution >= 4 is 5.69 Å². The van der Waals surface area contributed by atoms with E-state index in [0.717, 1.165) is 11.6 Å². The summed E-state index contributed by atoms with van der Waals surface area (Å²) in [5.41, 5.74) is 0.640. The number of hydrogen-bond donors (Lipinski definition) is 1. The molecule has 1 N–H and O–H groups in total. The molecule has 94 valence electrons. The van der Waals surface area contributed by atoms with Crippen LogP contribution in [0.15, 0.2) is 42.9 Å². The van der Waals surface area contributed by atoms with Crippen molar-refractivity contribution in [3.8, 4) is 0 Å². The van der Waals surface area contributed by atoms with Crippen LogP contribution in [0.5, 0.6) is 0 Å². The largest absolute Gasteiger partial charge is 0.433 e. The van der Waals surface area contributed by atoms with Gasteiger partial charge in [-0.05, 0) is 29.8 Å². The van der Waals surface area contributed by atoms with Gasteiger partial charge in [0.1, 0.15) is 5.69 Å². The van der Waals surface area contributed by atoms with Crippen LogP contribution in [0.1, 0.15) is 11.3 Å². The zero-order valence-electron chi connectivity index (χ0n) is 9.28. The molecular weight excluding hydrogens is 243 g/mol. The van der Waals surface area contributed by atoms with E-state index in [1.807, 2.05) is 12.1 Å². The molecule has 2 heterocycles. The average Bonchev–Trinajstić information content (AvgIpc) is 2.37. The van der Waals surface area contributed by atoms with Gasteiger partial charge < -0.3 is 5.32 Å². The van der Waals surface area contributed by atoms with E-state index in [9.17, 15) is 13.2 Å². The lowest BCUT2D eigenvalue weighted by Gasteiger charge is -2.08. The Morgan fingerprint density at radius 3 is 2.33 bits per heavy atom. The van der Waals surface area contributed by atoms with Gasteiger partial charge in [-0.2, -0.15) is 13.2 Å². The summed E-state index contributed by atoms with van der Waals surface area (Å²) in [6, 6.07) is 5.96. The van der Waals surface area contributed by atoms with Crippen molar-refractivity contribution in [1.29, 1.82) is 0 Å². The third-order valence-corrected chi connectivity index (χ3v) is 2.30. The monoisotopic (exact) mass is 253 g/mol. The highest BCUT2D eigenvalue weighted by atomic mass is 19.4. The Morgan fingerprint density at radius 2 is 1.78 bits per heavy atom. The summed E-state index contributed by atoms with van der Waals surface area (Å²) in [5.74, 6) is 0. The van der Waals surface area contributed by atoms with Gasteiger partial charge in [-0.3, -0.25) is 4.98 Å². The van der Waals surface area contributed by atoms with Crippen LogP contribution in [-0.4, -0.2) is 9.97 Å². The topological polar surface area (TPSA) is 37.8 Å². The van der Waals surface area contributed by atoms with E-state index in [-0.39, 0.29) is 0 Å². The number of halogens is 3. The standard InChI is InChI=1S/C12H10F3N3/c13-12(14,15)11-2-1-10(8-18-11)17-7-9-3-5-16-6-4-9/h1-6,8,17H,7H2. The number of rotatable bonds is 3. The summed E-state index contributed by atoms with van der Waals surface area (Å²) in [7, 11) is 0.